The number of hydrogen-bond acceptors (Lipinski definition) is 5. The second kappa shape index (κ2) is 8.02. The zero-order valence-corrected chi connectivity index (χ0v) is 12.9. The zero-order valence-electron chi connectivity index (χ0n) is 10.7. The molecule has 1 aromatic heterocycles. The van der Waals surface area contributed by atoms with Crippen LogP contribution in [-0.4, -0.2) is 45.7 Å². The summed E-state index contributed by atoms with van der Waals surface area (Å²) in [6, 6.07) is -0.318. The Morgan fingerprint density at radius 1 is 1.23 bits per heavy atom. The van der Waals surface area contributed by atoms with Crippen LogP contribution in [0.4, 0.5) is 0 Å². The lowest BCUT2D eigenvalue weighted by atomic mass is 10.2. The summed E-state index contributed by atoms with van der Waals surface area (Å²) in [7, 11) is 0. The molecular formula is C11H9Cl3N2O6. The maximum absolute atomic E-state index is 11.6. The van der Waals surface area contributed by atoms with Crippen LogP contribution in [0.15, 0.2) is 6.07 Å². The number of hydrogen-bond donors (Lipinski definition) is 3. The highest BCUT2D eigenvalue weighted by Crippen LogP contribution is 2.30. The average molecular weight is 372 g/mol. The maximum atomic E-state index is 11.6. The lowest BCUT2D eigenvalue weighted by molar-refractivity contribution is -0.147. The summed E-state index contributed by atoms with van der Waals surface area (Å²) in [5.74, 6) is -3.89. The smallest absolute Gasteiger partial charge is 0.326 e. The van der Waals surface area contributed by atoms with Crippen LogP contribution in [0.3, 0.4) is 0 Å². The molecule has 0 aromatic carbocycles. The van der Waals surface area contributed by atoms with Crippen LogP contribution in [0, 0.1) is 0 Å². The third kappa shape index (κ3) is 5.55. The van der Waals surface area contributed by atoms with E-state index in [4.69, 9.17) is 49.8 Å². The van der Waals surface area contributed by atoms with Crippen LogP contribution >= 0.6 is 34.8 Å². The van der Waals surface area contributed by atoms with Gasteiger partial charge in [-0.05, 0) is 6.07 Å². The number of nitrogens with zero attached hydrogens (tertiary/aromatic N) is 1. The van der Waals surface area contributed by atoms with Gasteiger partial charge < -0.3 is 20.3 Å². The topological polar surface area (TPSA) is 126 Å². The molecule has 0 aliphatic carbocycles. The Labute approximate surface area is 138 Å². The van der Waals surface area contributed by atoms with Crippen LogP contribution < -0.4 is 10.1 Å². The fraction of sp³-hybridized carbons (Fsp3) is 0.273. The molecule has 11 heteroatoms. The number of nitrogens with one attached hydrogen (secondary N) is 1. The van der Waals surface area contributed by atoms with E-state index < -0.39 is 36.9 Å². The molecule has 1 aromatic rings. The van der Waals surface area contributed by atoms with Crippen molar-refractivity contribution in [3.05, 3.63) is 21.3 Å². The lowest BCUT2D eigenvalue weighted by Gasteiger charge is -2.13. The zero-order chi connectivity index (χ0) is 16.9. The summed E-state index contributed by atoms with van der Waals surface area (Å²) >= 11 is 17.1. The maximum Gasteiger partial charge on any atom is 0.326 e. The Morgan fingerprint density at radius 3 is 2.41 bits per heavy atom. The van der Waals surface area contributed by atoms with E-state index in [2.05, 4.69) is 4.98 Å². The molecule has 3 N–H and O–H groups in total. The minimum atomic E-state index is -1.58. The molecule has 1 atom stereocenters. The molecule has 1 rings (SSSR count). The van der Waals surface area contributed by atoms with Crippen molar-refractivity contribution in [2.24, 2.45) is 0 Å². The molecule has 0 spiro atoms. The number of carboxylic acids is 2. The van der Waals surface area contributed by atoms with Gasteiger partial charge in [0.15, 0.2) is 11.8 Å². The molecular weight excluding hydrogens is 362 g/mol. The molecule has 0 fully saturated rings. The standard InChI is InChI=1S/C11H9Cl3N2O6/c12-4-1-5(13)10(16-9(4)14)22-3-7(17)15-6(11(20)21)2-8(18)19/h1,6H,2-3H2,(H,15,17)(H,18,19)(H,20,21)/t6-/m0/s1. The summed E-state index contributed by atoms with van der Waals surface area (Å²) in [6.07, 6.45) is -0.771. The second-order valence-electron chi connectivity index (χ2n) is 3.89. The number of carbonyl (C=O) groups is 3. The van der Waals surface area contributed by atoms with E-state index >= 15 is 0 Å². The monoisotopic (exact) mass is 370 g/mol. The summed E-state index contributed by atoms with van der Waals surface area (Å²) in [6.45, 7) is -0.631. The van der Waals surface area contributed by atoms with E-state index in [1.165, 1.54) is 6.07 Å². The first kappa shape index (κ1) is 18.3. The molecule has 0 aliphatic heterocycles. The predicted molar refractivity (Wildman–Crippen MR) is 76.6 cm³/mol. The quantitative estimate of drug-likeness (QED) is 0.619. The number of carboxylic acid groups (broad SMARTS) is 2. The number of amides is 1. The first-order valence-corrected chi connectivity index (χ1v) is 6.72. The largest absolute Gasteiger partial charge is 0.481 e. The number of halogens is 3. The van der Waals surface area contributed by atoms with Gasteiger partial charge in [0, 0.05) is 0 Å². The molecule has 22 heavy (non-hydrogen) atoms. The van der Waals surface area contributed by atoms with Gasteiger partial charge in [-0.2, -0.15) is 4.98 Å². The summed E-state index contributed by atoms with van der Waals surface area (Å²) in [5, 5.41) is 19.3. The lowest BCUT2D eigenvalue weighted by Crippen LogP contribution is -2.44. The van der Waals surface area contributed by atoms with Gasteiger partial charge in [0.05, 0.1) is 11.4 Å². The van der Waals surface area contributed by atoms with Crippen LogP contribution in [0.2, 0.25) is 15.2 Å². The fourth-order valence-corrected chi connectivity index (χ4v) is 1.82. The molecule has 0 aliphatic rings. The van der Waals surface area contributed by atoms with Crippen molar-refractivity contribution in [3.8, 4) is 5.88 Å². The van der Waals surface area contributed by atoms with Crippen LogP contribution in [-0.2, 0) is 14.4 Å². The van der Waals surface area contributed by atoms with Crippen molar-refractivity contribution in [1.29, 1.82) is 0 Å². The normalized spacial score (nSPS) is 11.6. The Kier molecular flexibility index (Phi) is 6.66. The van der Waals surface area contributed by atoms with Gasteiger partial charge in [-0.1, -0.05) is 34.8 Å². The Balaban J connectivity index is 2.64. The third-order valence-electron chi connectivity index (χ3n) is 2.21. The van der Waals surface area contributed by atoms with E-state index in [1.807, 2.05) is 5.32 Å². The highest BCUT2D eigenvalue weighted by Gasteiger charge is 2.23. The highest BCUT2D eigenvalue weighted by molar-refractivity contribution is 6.42. The van der Waals surface area contributed by atoms with E-state index in [1.54, 1.807) is 0 Å². The summed E-state index contributed by atoms with van der Waals surface area (Å²) in [4.78, 5) is 36.5. The molecule has 1 amide bonds. The Bertz CT molecular complexity index is 610. The van der Waals surface area contributed by atoms with Gasteiger partial charge in [-0.3, -0.25) is 9.59 Å². The van der Waals surface area contributed by atoms with Gasteiger partial charge in [0.25, 0.3) is 5.91 Å². The minimum Gasteiger partial charge on any atom is -0.481 e. The van der Waals surface area contributed by atoms with Gasteiger partial charge in [-0.25, -0.2) is 4.79 Å². The second-order valence-corrected chi connectivity index (χ2v) is 5.07. The van der Waals surface area contributed by atoms with E-state index in [0.717, 1.165) is 0 Å². The third-order valence-corrected chi connectivity index (χ3v) is 3.15. The Morgan fingerprint density at radius 2 is 1.86 bits per heavy atom. The van der Waals surface area contributed by atoms with Gasteiger partial charge in [-0.15, -0.1) is 0 Å². The van der Waals surface area contributed by atoms with Crippen molar-refractivity contribution >= 4 is 52.6 Å². The van der Waals surface area contributed by atoms with Gasteiger partial charge in [0.2, 0.25) is 5.88 Å². The molecule has 120 valence electrons. The molecule has 0 saturated carbocycles. The first-order chi connectivity index (χ1) is 10.2. The van der Waals surface area contributed by atoms with E-state index in [-0.39, 0.29) is 21.1 Å². The van der Waals surface area contributed by atoms with E-state index in [9.17, 15) is 14.4 Å². The molecule has 0 unspecified atom stereocenters. The number of rotatable bonds is 7. The van der Waals surface area contributed by atoms with Crippen molar-refractivity contribution in [2.75, 3.05) is 6.61 Å². The SMILES string of the molecule is O=C(O)C[C@H](NC(=O)COc1nc(Cl)c(Cl)cc1Cl)C(=O)O. The molecule has 0 saturated heterocycles. The number of aromatic nitrogens is 1. The summed E-state index contributed by atoms with van der Waals surface area (Å²) < 4.78 is 4.98. The predicted octanol–water partition coefficient (Wildman–Crippen LogP) is 1.46. The van der Waals surface area contributed by atoms with Gasteiger partial charge in [0.1, 0.15) is 11.1 Å². The Hall–Kier alpha value is -1.77. The van der Waals surface area contributed by atoms with E-state index in [0.29, 0.717) is 0 Å². The molecule has 1 heterocycles. The number of ether oxygens (including phenoxy) is 1. The number of carbonyl (C=O) groups excluding carboxylic acids is 1. The van der Waals surface area contributed by atoms with Crippen LogP contribution in [0.1, 0.15) is 6.42 Å². The minimum absolute atomic E-state index is 0.00233. The van der Waals surface area contributed by atoms with Crippen LogP contribution in [0.5, 0.6) is 5.88 Å². The summed E-state index contributed by atoms with van der Waals surface area (Å²) in [5.41, 5.74) is 0. The molecule has 8 nitrogen and oxygen atoms in total. The van der Waals surface area contributed by atoms with Gasteiger partial charge >= 0.3 is 11.9 Å². The van der Waals surface area contributed by atoms with Crippen molar-refractivity contribution in [3.63, 3.8) is 0 Å². The fourth-order valence-electron chi connectivity index (χ4n) is 1.27. The van der Waals surface area contributed by atoms with Crippen molar-refractivity contribution in [1.82, 2.24) is 10.3 Å². The average Bonchev–Trinajstić information content (AvgIpc) is 2.40. The first-order valence-electron chi connectivity index (χ1n) is 5.59. The molecule has 0 radical (unpaired) electrons. The van der Waals surface area contributed by atoms with Crippen molar-refractivity contribution < 1.29 is 29.3 Å². The van der Waals surface area contributed by atoms with Crippen LogP contribution in [0.25, 0.3) is 0 Å². The number of pyridine rings is 1. The highest BCUT2D eigenvalue weighted by atomic mass is 35.5. The van der Waals surface area contributed by atoms with Crippen molar-refractivity contribution in [2.45, 2.75) is 12.5 Å². The number of aliphatic carboxylic acids is 2. The molecule has 0 bridgehead atoms.